The summed E-state index contributed by atoms with van der Waals surface area (Å²) < 4.78 is 11.4. The van der Waals surface area contributed by atoms with Gasteiger partial charge in [0.15, 0.2) is 6.29 Å². The zero-order valence-corrected chi connectivity index (χ0v) is 13.5. The molecule has 1 saturated heterocycles. The molecule has 3 rings (SSSR count). The highest BCUT2D eigenvalue weighted by atomic mass is 16.7. The highest BCUT2D eigenvalue weighted by Gasteiger charge is 2.24. The molecule has 2 aromatic rings. The first kappa shape index (κ1) is 16.4. The summed E-state index contributed by atoms with van der Waals surface area (Å²) in [5, 5.41) is 2.93. The zero-order valence-electron chi connectivity index (χ0n) is 13.5. The standard InChI is InChI=1S/C20H21NO3/c1-15(16-8-4-2-5-9-16)12-19-23-13-18(14-24-19)21-20(22)17-10-6-3-7-11-17/h2-11,18-19H,1,12-14H2,(H,21,22)/t18-,19+. The number of carbonyl (C=O) groups excluding carboxylic acids is 1. The molecule has 124 valence electrons. The molecule has 0 unspecified atom stereocenters. The summed E-state index contributed by atoms with van der Waals surface area (Å²) in [5.41, 5.74) is 2.70. The molecular weight excluding hydrogens is 302 g/mol. The average Bonchev–Trinajstić information content (AvgIpc) is 2.65. The van der Waals surface area contributed by atoms with Crippen LogP contribution >= 0.6 is 0 Å². The second-order valence-corrected chi connectivity index (χ2v) is 5.81. The molecule has 2 aromatic carbocycles. The predicted molar refractivity (Wildman–Crippen MR) is 93.5 cm³/mol. The molecule has 0 spiro atoms. The smallest absolute Gasteiger partial charge is 0.251 e. The van der Waals surface area contributed by atoms with Crippen LogP contribution in [0.1, 0.15) is 22.3 Å². The first-order chi connectivity index (χ1) is 11.7. The summed E-state index contributed by atoms with van der Waals surface area (Å²) in [6, 6.07) is 19.0. The number of nitrogens with one attached hydrogen (secondary N) is 1. The van der Waals surface area contributed by atoms with Gasteiger partial charge in [0.2, 0.25) is 0 Å². The molecule has 24 heavy (non-hydrogen) atoms. The molecule has 1 N–H and O–H groups in total. The molecule has 4 heteroatoms. The van der Waals surface area contributed by atoms with Crippen molar-refractivity contribution in [3.8, 4) is 0 Å². The third-order valence-electron chi connectivity index (χ3n) is 3.93. The number of rotatable bonds is 5. The molecule has 0 aliphatic carbocycles. The van der Waals surface area contributed by atoms with E-state index in [1.54, 1.807) is 12.1 Å². The van der Waals surface area contributed by atoms with Gasteiger partial charge in [-0.2, -0.15) is 0 Å². The van der Waals surface area contributed by atoms with Gasteiger partial charge >= 0.3 is 0 Å². The molecule has 1 heterocycles. The topological polar surface area (TPSA) is 47.6 Å². The molecule has 0 aromatic heterocycles. The normalized spacial score (nSPS) is 20.3. The Morgan fingerprint density at radius 1 is 0.958 bits per heavy atom. The molecule has 1 fully saturated rings. The highest BCUT2D eigenvalue weighted by molar-refractivity contribution is 5.94. The van der Waals surface area contributed by atoms with E-state index >= 15 is 0 Å². The van der Waals surface area contributed by atoms with E-state index in [0.717, 1.165) is 11.1 Å². The van der Waals surface area contributed by atoms with Crippen molar-refractivity contribution < 1.29 is 14.3 Å². The van der Waals surface area contributed by atoms with E-state index in [-0.39, 0.29) is 18.2 Å². The van der Waals surface area contributed by atoms with Crippen molar-refractivity contribution in [1.82, 2.24) is 5.32 Å². The first-order valence-electron chi connectivity index (χ1n) is 8.04. The first-order valence-corrected chi connectivity index (χ1v) is 8.04. The molecule has 1 aliphatic heterocycles. The fourth-order valence-electron chi connectivity index (χ4n) is 2.60. The predicted octanol–water partition coefficient (Wildman–Crippen LogP) is 3.26. The molecular formula is C20H21NO3. The number of amides is 1. The highest BCUT2D eigenvalue weighted by Crippen LogP contribution is 2.21. The number of ether oxygens (including phenoxy) is 2. The van der Waals surface area contributed by atoms with Gasteiger partial charge in [-0.15, -0.1) is 0 Å². The van der Waals surface area contributed by atoms with Gasteiger partial charge in [-0.25, -0.2) is 0 Å². The lowest BCUT2D eigenvalue weighted by Crippen LogP contribution is -2.47. The molecule has 4 nitrogen and oxygen atoms in total. The Kier molecular flexibility index (Phi) is 5.41. The summed E-state index contributed by atoms with van der Waals surface area (Å²) in [7, 11) is 0. The van der Waals surface area contributed by atoms with E-state index in [0.29, 0.717) is 25.2 Å². The van der Waals surface area contributed by atoms with Crippen molar-refractivity contribution in [3.63, 3.8) is 0 Å². The van der Waals surface area contributed by atoms with Crippen LogP contribution in [0.2, 0.25) is 0 Å². The fraction of sp³-hybridized carbons (Fsp3) is 0.250. The van der Waals surface area contributed by atoms with Crippen molar-refractivity contribution in [2.45, 2.75) is 18.8 Å². The zero-order chi connectivity index (χ0) is 16.8. The Hall–Kier alpha value is -2.43. The lowest BCUT2D eigenvalue weighted by atomic mass is 10.0. The van der Waals surface area contributed by atoms with Crippen LogP contribution < -0.4 is 5.32 Å². The van der Waals surface area contributed by atoms with E-state index in [4.69, 9.17) is 9.47 Å². The van der Waals surface area contributed by atoms with Crippen LogP contribution in [0.3, 0.4) is 0 Å². The Morgan fingerprint density at radius 2 is 1.50 bits per heavy atom. The van der Waals surface area contributed by atoms with Crippen LogP contribution in [0, 0.1) is 0 Å². The number of hydrogen-bond acceptors (Lipinski definition) is 3. The number of carbonyl (C=O) groups is 1. The molecule has 0 radical (unpaired) electrons. The van der Waals surface area contributed by atoms with Gasteiger partial charge in [-0.1, -0.05) is 55.1 Å². The van der Waals surface area contributed by atoms with Crippen molar-refractivity contribution in [2.75, 3.05) is 13.2 Å². The third kappa shape index (κ3) is 4.31. The van der Waals surface area contributed by atoms with Gasteiger partial charge in [0, 0.05) is 12.0 Å². The van der Waals surface area contributed by atoms with Crippen LogP contribution in [0.25, 0.3) is 5.57 Å². The minimum atomic E-state index is -0.317. The van der Waals surface area contributed by atoms with E-state index in [1.807, 2.05) is 48.5 Å². The summed E-state index contributed by atoms with van der Waals surface area (Å²) in [5.74, 6) is -0.111. The van der Waals surface area contributed by atoms with E-state index < -0.39 is 0 Å². The largest absolute Gasteiger partial charge is 0.350 e. The lowest BCUT2D eigenvalue weighted by molar-refractivity contribution is -0.184. The van der Waals surface area contributed by atoms with Gasteiger partial charge < -0.3 is 14.8 Å². The van der Waals surface area contributed by atoms with Crippen molar-refractivity contribution in [2.24, 2.45) is 0 Å². The fourth-order valence-corrected chi connectivity index (χ4v) is 2.60. The summed E-state index contributed by atoms with van der Waals surface area (Å²) in [4.78, 5) is 12.1. The average molecular weight is 323 g/mol. The molecule has 0 atom stereocenters. The van der Waals surface area contributed by atoms with Gasteiger partial charge in [-0.3, -0.25) is 4.79 Å². The van der Waals surface area contributed by atoms with Crippen LogP contribution in [0.4, 0.5) is 0 Å². The Balaban J connectivity index is 1.46. The van der Waals surface area contributed by atoms with Crippen molar-refractivity contribution in [1.29, 1.82) is 0 Å². The maximum Gasteiger partial charge on any atom is 0.251 e. The molecule has 1 aliphatic rings. The van der Waals surface area contributed by atoms with E-state index in [2.05, 4.69) is 11.9 Å². The van der Waals surface area contributed by atoms with Crippen LogP contribution in [-0.4, -0.2) is 31.5 Å². The van der Waals surface area contributed by atoms with Crippen LogP contribution in [0.5, 0.6) is 0 Å². The quantitative estimate of drug-likeness (QED) is 0.919. The molecule has 1 amide bonds. The summed E-state index contributed by atoms with van der Waals surface area (Å²) in [6.45, 7) is 4.97. The SMILES string of the molecule is C=C(C[C@H]1OC[C@@H](NC(=O)c2ccccc2)CO1)c1ccccc1. The van der Waals surface area contributed by atoms with Gasteiger partial charge in [0.05, 0.1) is 19.3 Å². The Labute approximate surface area is 142 Å². The summed E-state index contributed by atoms with van der Waals surface area (Å²) >= 11 is 0. The number of benzene rings is 2. The molecule has 0 saturated carbocycles. The van der Waals surface area contributed by atoms with E-state index in [9.17, 15) is 4.79 Å². The molecule has 0 bridgehead atoms. The van der Waals surface area contributed by atoms with Crippen LogP contribution in [0.15, 0.2) is 67.2 Å². The number of hydrogen-bond donors (Lipinski definition) is 1. The van der Waals surface area contributed by atoms with Gasteiger partial charge in [-0.05, 0) is 23.3 Å². The van der Waals surface area contributed by atoms with Crippen molar-refractivity contribution >= 4 is 11.5 Å². The maximum absolute atomic E-state index is 12.1. The van der Waals surface area contributed by atoms with Crippen molar-refractivity contribution in [3.05, 3.63) is 78.4 Å². The Bertz CT molecular complexity index is 615. The third-order valence-corrected chi connectivity index (χ3v) is 3.93. The lowest BCUT2D eigenvalue weighted by Gasteiger charge is -2.30. The summed E-state index contributed by atoms with van der Waals surface area (Å²) in [6.07, 6.45) is 0.297. The minimum absolute atomic E-state index is 0.111. The van der Waals surface area contributed by atoms with Crippen LogP contribution in [-0.2, 0) is 9.47 Å². The second kappa shape index (κ2) is 7.90. The second-order valence-electron chi connectivity index (χ2n) is 5.81. The van der Waals surface area contributed by atoms with Gasteiger partial charge in [0.1, 0.15) is 0 Å². The minimum Gasteiger partial charge on any atom is -0.350 e. The van der Waals surface area contributed by atoms with E-state index in [1.165, 1.54) is 0 Å². The van der Waals surface area contributed by atoms with Gasteiger partial charge in [0.25, 0.3) is 5.91 Å². The monoisotopic (exact) mass is 323 g/mol. The Morgan fingerprint density at radius 3 is 2.08 bits per heavy atom. The maximum atomic E-state index is 12.1.